The topological polar surface area (TPSA) is 79.7 Å². The fourth-order valence-electron chi connectivity index (χ4n) is 4.66. The number of amides is 1. The summed E-state index contributed by atoms with van der Waals surface area (Å²) in [6.45, 7) is 6.08. The summed E-state index contributed by atoms with van der Waals surface area (Å²) >= 11 is 1.07. The molecular formula is C21H29N3O4S2. The zero-order valence-electron chi connectivity index (χ0n) is 17.5. The maximum absolute atomic E-state index is 13.2. The van der Waals surface area contributed by atoms with Crippen LogP contribution in [0.15, 0.2) is 27.9 Å². The van der Waals surface area contributed by atoms with Gasteiger partial charge in [0, 0.05) is 38.1 Å². The summed E-state index contributed by atoms with van der Waals surface area (Å²) in [5, 5.41) is 0. The number of hydrogen-bond donors (Lipinski definition) is 0. The Morgan fingerprint density at radius 3 is 2.53 bits per heavy atom. The Labute approximate surface area is 181 Å². The highest BCUT2D eigenvalue weighted by atomic mass is 32.2. The highest BCUT2D eigenvalue weighted by Crippen LogP contribution is 2.29. The van der Waals surface area contributed by atoms with E-state index >= 15 is 0 Å². The molecule has 4 rings (SSSR count). The Bertz CT molecular complexity index is 1100. The van der Waals surface area contributed by atoms with Gasteiger partial charge in [-0.25, -0.2) is 8.42 Å². The number of nitrogens with zero attached hydrogens (tertiary/aromatic N) is 3. The normalized spacial score (nSPS) is 21.9. The predicted molar refractivity (Wildman–Crippen MR) is 118 cm³/mol. The molecule has 1 amide bonds. The minimum Gasteiger partial charge on any atom is -0.340 e. The van der Waals surface area contributed by atoms with Crippen molar-refractivity contribution >= 4 is 37.5 Å². The molecule has 0 spiro atoms. The minimum absolute atomic E-state index is 0.0756. The van der Waals surface area contributed by atoms with Crippen molar-refractivity contribution in [3.05, 3.63) is 27.9 Å². The lowest BCUT2D eigenvalue weighted by molar-refractivity contribution is -0.140. The third kappa shape index (κ3) is 3.83. The summed E-state index contributed by atoms with van der Waals surface area (Å²) in [4.78, 5) is 27.1. The molecule has 1 aromatic heterocycles. The van der Waals surface area contributed by atoms with Crippen LogP contribution in [0.1, 0.15) is 46.0 Å². The average Bonchev–Trinajstić information content (AvgIpc) is 3.07. The molecule has 2 saturated heterocycles. The lowest BCUT2D eigenvalue weighted by Gasteiger charge is -2.38. The molecule has 0 unspecified atom stereocenters. The average molecular weight is 452 g/mol. The maximum Gasteiger partial charge on any atom is 0.308 e. The Morgan fingerprint density at radius 1 is 1.13 bits per heavy atom. The number of carbonyl (C=O) groups is 1. The van der Waals surface area contributed by atoms with Gasteiger partial charge in [0.05, 0.1) is 15.1 Å². The maximum atomic E-state index is 13.2. The molecule has 9 heteroatoms. The van der Waals surface area contributed by atoms with E-state index in [1.165, 1.54) is 10.7 Å². The molecule has 2 fully saturated rings. The fraction of sp³-hybridized carbons (Fsp3) is 0.619. The number of likely N-dealkylation sites (tertiary alicyclic amines) is 1. The molecule has 0 saturated carbocycles. The fourth-order valence-corrected chi connectivity index (χ4v) is 7.22. The molecule has 2 aliphatic heterocycles. The van der Waals surface area contributed by atoms with Gasteiger partial charge < -0.3 is 4.90 Å². The molecule has 1 aromatic carbocycles. The van der Waals surface area contributed by atoms with Crippen LogP contribution in [-0.4, -0.2) is 53.8 Å². The van der Waals surface area contributed by atoms with E-state index in [9.17, 15) is 18.0 Å². The van der Waals surface area contributed by atoms with Crippen molar-refractivity contribution in [2.75, 3.05) is 19.6 Å². The van der Waals surface area contributed by atoms with Crippen LogP contribution in [-0.2, 0) is 21.4 Å². The van der Waals surface area contributed by atoms with E-state index in [0.29, 0.717) is 37.2 Å². The molecular weight excluding hydrogens is 422 g/mol. The van der Waals surface area contributed by atoms with Crippen LogP contribution >= 0.6 is 11.3 Å². The molecule has 30 heavy (non-hydrogen) atoms. The molecule has 2 aliphatic rings. The monoisotopic (exact) mass is 451 g/mol. The Morgan fingerprint density at radius 2 is 1.87 bits per heavy atom. The number of aromatic nitrogens is 1. The van der Waals surface area contributed by atoms with E-state index in [-0.39, 0.29) is 27.6 Å². The molecule has 164 valence electrons. The van der Waals surface area contributed by atoms with Crippen LogP contribution in [0.25, 0.3) is 10.2 Å². The summed E-state index contributed by atoms with van der Waals surface area (Å²) in [6.07, 6.45) is 4.39. The molecule has 1 atom stereocenters. The first-order valence-corrected chi connectivity index (χ1v) is 13.0. The standard InChI is InChI=1S/C21H29N3O4S2/c1-3-23-18-8-7-17(14-19(18)29-21(23)26)30(27,28)22-12-9-16(10-13-22)20(25)24-11-5-4-6-15(24)2/h7-8,14-16H,3-6,9-13H2,1-2H3/t15-/m0/s1. The third-order valence-corrected chi connectivity index (χ3v) is 9.32. The number of carbonyl (C=O) groups excluding carboxylic acids is 1. The Hall–Kier alpha value is -1.71. The second-order valence-electron chi connectivity index (χ2n) is 8.30. The summed E-state index contributed by atoms with van der Waals surface area (Å²) in [7, 11) is -3.64. The molecule has 2 aromatic rings. The highest BCUT2D eigenvalue weighted by Gasteiger charge is 2.35. The van der Waals surface area contributed by atoms with Gasteiger partial charge in [-0.05, 0) is 64.2 Å². The summed E-state index contributed by atoms with van der Waals surface area (Å²) < 4.78 is 30.2. The summed E-state index contributed by atoms with van der Waals surface area (Å²) in [5.41, 5.74) is 0.770. The van der Waals surface area contributed by atoms with Gasteiger partial charge in [0.25, 0.3) is 0 Å². The first-order valence-electron chi connectivity index (χ1n) is 10.8. The van der Waals surface area contributed by atoms with Gasteiger partial charge in [-0.1, -0.05) is 11.3 Å². The van der Waals surface area contributed by atoms with Crippen molar-refractivity contribution in [2.45, 2.75) is 63.4 Å². The van der Waals surface area contributed by atoms with E-state index in [0.717, 1.165) is 36.2 Å². The van der Waals surface area contributed by atoms with Gasteiger partial charge in [0.15, 0.2) is 0 Å². The predicted octanol–water partition coefficient (Wildman–Crippen LogP) is 2.88. The smallest absolute Gasteiger partial charge is 0.308 e. The van der Waals surface area contributed by atoms with Crippen molar-refractivity contribution in [1.29, 1.82) is 0 Å². The largest absolute Gasteiger partial charge is 0.340 e. The molecule has 3 heterocycles. The van der Waals surface area contributed by atoms with E-state index in [1.807, 2.05) is 11.8 Å². The molecule has 0 bridgehead atoms. The van der Waals surface area contributed by atoms with Gasteiger partial charge >= 0.3 is 4.87 Å². The van der Waals surface area contributed by atoms with Crippen LogP contribution in [0.4, 0.5) is 0 Å². The molecule has 0 N–H and O–H groups in total. The number of hydrogen-bond acceptors (Lipinski definition) is 5. The molecule has 0 aliphatic carbocycles. The number of aryl methyl sites for hydroxylation is 1. The van der Waals surface area contributed by atoms with E-state index in [2.05, 4.69) is 6.92 Å². The van der Waals surface area contributed by atoms with Crippen LogP contribution in [0.3, 0.4) is 0 Å². The second kappa shape index (κ2) is 8.43. The van der Waals surface area contributed by atoms with E-state index in [4.69, 9.17) is 0 Å². The van der Waals surface area contributed by atoms with Crippen LogP contribution < -0.4 is 4.87 Å². The van der Waals surface area contributed by atoms with Gasteiger partial charge in [-0.15, -0.1) is 0 Å². The zero-order valence-corrected chi connectivity index (χ0v) is 19.2. The van der Waals surface area contributed by atoms with Crippen LogP contribution in [0.5, 0.6) is 0 Å². The zero-order chi connectivity index (χ0) is 21.5. The molecule has 0 radical (unpaired) electrons. The highest BCUT2D eigenvalue weighted by molar-refractivity contribution is 7.89. The lowest BCUT2D eigenvalue weighted by Crippen LogP contribution is -2.48. The van der Waals surface area contributed by atoms with Gasteiger partial charge in [0.1, 0.15) is 0 Å². The SMILES string of the molecule is CCn1c(=O)sc2cc(S(=O)(=O)N3CCC(C(=O)N4CCCC[C@@H]4C)CC3)ccc21. The van der Waals surface area contributed by atoms with Gasteiger partial charge in [-0.3, -0.25) is 14.2 Å². The number of thiazole rings is 1. The van der Waals surface area contributed by atoms with Crippen molar-refractivity contribution in [1.82, 2.24) is 13.8 Å². The van der Waals surface area contributed by atoms with Gasteiger partial charge in [0.2, 0.25) is 15.9 Å². The van der Waals surface area contributed by atoms with Gasteiger partial charge in [-0.2, -0.15) is 4.31 Å². The number of piperidine rings is 2. The van der Waals surface area contributed by atoms with Crippen molar-refractivity contribution in [3.8, 4) is 0 Å². The third-order valence-electron chi connectivity index (χ3n) is 6.48. The van der Waals surface area contributed by atoms with Crippen LogP contribution in [0, 0.1) is 5.92 Å². The second-order valence-corrected chi connectivity index (χ2v) is 11.2. The first kappa shape index (κ1) is 21.5. The first-order chi connectivity index (χ1) is 14.3. The number of fused-ring (bicyclic) bond motifs is 1. The minimum atomic E-state index is -3.64. The van der Waals surface area contributed by atoms with E-state index < -0.39 is 10.0 Å². The lowest BCUT2D eigenvalue weighted by atomic mass is 9.94. The number of sulfonamides is 1. The summed E-state index contributed by atoms with van der Waals surface area (Å²) in [5.74, 6) is 0.0923. The number of benzene rings is 1. The van der Waals surface area contributed by atoms with Crippen LogP contribution in [0.2, 0.25) is 0 Å². The summed E-state index contributed by atoms with van der Waals surface area (Å²) in [6, 6.07) is 5.19. The quantitative estimate of drug-likeness (QED) is 0.716. The molecule has 7 nitrogen and oxygen atoms in total. The van der Waals surface area contributed by atoms with E-state index in [1.54, 1.807) is 22.8 Å². The Kier molecular flexibility index (Phi) is 6.05. The Balaban J connectivity index is 1.48. The van der Waals surface area contributed by atoms with Crippen molar-refractivity contribution < 1.29 is 13.2 Å². The van der Waals surface area contributed by atoms with Crippen molar-refractivity contribution in [2.24, 2.45) is 5.92 Å². The number of rotatable bonds is 4. The van der Waals surface area contributed by atoms with Crippen molar-refractivity contribution in [3.63, 3.8) is 0 Å².